The van der Waals surface area contributed by atoms with Crippen LogP contribution in [-0.4, -0.2) is 4.98 Å². The molecular weight excluding hydrogens is 154 g/mol. The molecule has 0 saturated carbocycles. The van der Waals surface area contributed by atoms with E-state index in [9.17, 15) is 0 Å². The summed E-state index contributed by atoms with van der Waals surface area (Å²) in [5.74, 6) is 0. The van der Waals surface area contributed by atoms with Crippen LogP contribution in [0.4, 0.5) is 5.13 Å². The summed E-state index contributed by atoms with van der Waals surface area (Å²) in [5.41, 5.74) is 5.19. The van der Waals surface area contributed by atoms with Gasteiger partial charge in [-0.3, -0.25) is 0 Å². The Bertz CT molecular complexity index is 176. The number of thiazole rings is 1. The largest absolute Gasteiger partial charge is 0.375 e. The highest BCUT2D eigenvalue weighted by Crippen LogP contribution is 2.02. The highest BCUT2D eigenvalue weighted by atomic mass is 32.1. The van der Waals surface area contributed by atoms with E-state index in [1.54, 1.807) is 6.20 Å². The first-order valence-corrected chi connectivity index (χ1v) is 3.32. The Balaban J connectivity index is 0.000000187. The Kier molecular flexibility index (Phi) is 4.97. The fraction of sp³-hybridized carbons (Fsp3) is 0. The van der Waals surface area contributed by atoms with Crippen LogP contribution >= 0.6 is 24.0 Å². The van der Waals surface area contributed by atoms with Crippen molar-refractivity contribution in [1.82, 2.24) is 4.98 Å². The van der Waals surface area contributed by atoms with E-state index in [4.69, 9.17) is 11.0 Å². The van der Waals surface area contributed by atoms with Gasteiger partial charge in [-0.2, -0.15) is 5.26 Å². The summed E-state index contributed by atoms with van der Waals surface area (Å²) < 4.78 is 0. The Morgan fingerprint density at radius 1 is 1.89 bits per heavy atom. The Hall–Kier alpha value is -0.730. The van der Waals surface area contributed by atoms with Gasteiger partial charge in [0.15, 0.2) is 5.13 Å². The van der Waals surface area contributed by atoms with Gasteiger partial charge in [-0.25, -0.2) is 4.98 Å². The van der Waals surface area contributed by atoms with E-state index >= 15 is 0 Å². The molecule has 0 saturated heterocycles. The van der Waals surface area contributed by atoms with Crippen molar-refractivity contribution in [2.75, 3.05) is 5.73 Å². The summed E-state index contributed by atoms with van der Waals surface area (Å²) in [4.78, 5) is 3.71. The van der Waals surface area contributed by atoms with Crippen LogP contribution in [0.3, 0.4) is 0 Å². The van der Waals surface area contributed by atoms with Crippen molar-refractivity contribution < 1.29 is 0 Å². The normalized spacial score (nSPS) is 6.67. The fourth-order valence-corrected chi connectivity index (χ4v) is 0.617. The van der Waals surface area contributed by atoms with Crippen LogP contribution in [0, 0.1) is 10.7 Å². The van der Waals surface area contributed by atoms with Gasteiger partial charge in [-0.05, 0) is 0 Å². The molecule has 0 aliphatic heterocycles. The lowest BCUT2D eigenvalue weighted by Crippen LogP contribution is -1.77. The minimum absolute atomic E-state index is 0.634. The predicted molar refractivity (Wildman–Crippen MR) is 41.1 cm³/mol. The first-order chi connectivity index (χ1) is 4.31. The third-order valence-electron chi connectivity index (χ3n) is 0.451. The number of nitriles is 1. The van der Waals surface area contributed by atoms with Crippen LogP contribution in [0.5, 0.6) is 0 Å². The molecule has 1 aromatic heterocycles. The van der Waals surface area contributed by atoms with Crippen LogP contribution in [0.2, 0.25) is 0 Å². The number of anilines is 1. The maximum Gasteiger partial charge on any atom is 0.179 e. The van der Waals surface area contributed by atoms with E-state index in [0.29, 0.717) is 5.13 Å². The smallest absolute Gasteiger partial charge is 0.179 e. The molecule has 0 radical (unpaired) electrons. The van der Waals surface area contributed by atoms with Crippen molar-refractivity contribution in [1.29, 1.82) is 5.26 Å². The Morgan fingerprint density at radius 3 is 2.56 bits per heavy atom. The number of hydrogen-bond donors (Lipinski definition) is 2. The lowest BCUT2D eigenvalue weighted by Gasteiger charge is -1.67. The summed E-state index contributed by atoms with van der Waals surface area (Å²) in [6.07, 6.45) is 1.68. The van der Waals surface area contributed by atoms with Crippen molar-refractivity contribution in [2.45, 2.75) is 0 Å². The predicted octanol–water partition coefficient (Wildman–Crippen LogP) is 1.12. The maximum atomic E-state index is 7.18. The van der Waals surface area contributed by atoms with Gasteiger partial charge in [0.05, 0.1) is 0 Å². The molecule has 0 aromatic carbocycles. The number of nitrogens with two attached hydrogens (primary N) is 1. The van der Waals surface area contributed by atoms with Crippen molar-refractivity contribution in [3.05, 3.63) is 11.6 Å². The zero-order chi connectivity index (χ0) is 7.11. The monoisotopic (exact) mass is 159 g/mol. The maximum absolute atomic E-state index is 7.18. The molecule has 3 nitrogen and oxygen atoms in total. The number of nitrogen functional groups attached to an aromatic ring is 1. The molecule has 9 heavy (non-hydrogen) atoms. The standard InChI is InChI=1S/C3H4N2S.CHNS/c4-3-5-1-2-6-3;2-1-3/h1-2H,(H2,4,5);3H. The van der Waals surface area contributed by atoms with E-state index in [-0.39, 0.29) is 0 Å². The van der Waals surface area contributed by atoms with Crippen molar-refractivity contribution in [2.24, 2.45) is 0 Å². The third kappa shape index (κ3) is 5.14. The van der Waals surface area contributed by atoms with E-state index < -0.39 is 0 Å². The molecule has 0 amide bonds. The van der Waals surface area contributed by atoms with E-state index in [2.05, 4.69) is 17.6 Å². The van der Waals surface area contributed by atoms with Gasteiger partial charge >= 0.3 is 0 Å². The number of thiol groups is 1. The molecule has 0 aliphatic carbocycles. The molecule has 1 rings (SSSR count). The van der Waals surface area contributed by atoms with Crippen molar-refractivity contribution in [3.8, 4) is 5.40 Å². The molecule has 1 aromatic rings. The Morgan fingerprint density at radius 2 is 2.44 bits per heavy atom. The summed E-state index contributed by atoms with van der Waals surface area (Å²) in [6, 6.07) is 0. The lowest BCUT2D eigenvalue weighted by atomic mass is 11.0. The van der Waals surface area contributed by atoms with Crippen LogP contribution in [0.1, 0.15) is 0 Å². The average Bonchev–Trinajstić information content (AvgIpc) is 2.20. The number of aromatic nitrogens is 1. The molecule has 0 unspecified atom stereocenters. The fourth-order valence-electron chi connectivity index (χ4n) is 0.234. The van der Waals surface area contributed by atoms with Gasteiger partial charge in [0.1, 0.15) is 5.40 Å². The molecule has 0 bridgehead atoms. The van der Waals surface area contributed by atoms with Gasteiger partial charge in [-0.1, -0.05) is 12.6 Å². The number of nitrogens with zero attached hydrogens (tertiary/aromatic N) is 2. The quantitative estimate of drug-likeness (QED) is 0.440. The minimum Gasteiger partial charge on any atom is -0.375 e. The molecule has 0 spiro atoms. The van der Waals surface area contributed by atoms with E-state index in [1.807, 2.05) is 5.38 Å². The average molecular weight is 159 g/mol. The number of thiocyanates is 1. The van der Waals surface area contributed by atoms with Crippen LogP contribution in [0.25, 0.3) is 0 Å². The highest BCUT2D eigenvalue weighted by Gasteiger charge is 1.76. The van der Waals surface area contributed by atoms with Gasteiger partial charge in [0.25, 0.3) is 0 Å². The van der Waals surface area contributed by atoms with E-state index in [1.165, 1.54) is 16.7 Å². The summed E-state index contributed by atoms with van der Waals surface area (Å²) >= 11 is 4.54. The van der Waals surface area contributed by atoms with E-state index in [0.717, 1.165) is 0 Å². The molecule has 48 valence electrons. The first kappa shape index (κ1) is 8.27. The third-order valence-corrected chi connectivity index (χ3v) is 1.06. The highest BCUT2D eigenvalue weighted by molar-refractivity contribution is 7.85. The minimum atomic E-state index is 0.634. The Labute approximate surface area is 62.5 Å². The second kappa shape index (κ2) is 5.41. The number of rotatable bonds is 0. The molecule has 0 atom stereocenters. The zero-order valence-corrected chi connectivity index (χ0v) is 6.19. The summed E-state index contributed by atoms with van der Waals surface area (Å²) in [5, 5.41) is 11.1. The van der Waals surface area contributed by atoms with Crippen molar-refractivity contribution in [3.63, 3.8) is 0 Å². The van der Waals surface area contributed by atoms with Crippen LogP contribution < -0.4 is 5.73 Å². The van der Waals surface area contributed by atoms with Gasteiger partial charge in [-0.15, -0.1) is 11.3 Å². The second-order valence-electron chi connectivity index (χ2n) is 0.970. The lowest BCUT2D eigenvalue weighted by molar-refractivity contribution is 1.43. The SMILES string of the molecule is N#CS.Nc1nccs1. The molecule has 1 heterocycles. The van der Waals surface area contributed by atoms with Gasteiger partial charge < -0.3 is 5.73 Å². The summed E-state index contributed by atoms with van der Waals surface area (Å²) in [7, 11) is 0. The van der Waals surface area contributed by atoms with Crippen molar-refractivity contribution >= 4 is 29.1 Å². The molecule has 0 fully saturated rings. The zero-order valence-electron chi connectivity index (χ0n) is 4.48. The topological polar surface area (TPSA) is 62.7 Å². The molecule has 5 heteroatoms. The van der Waals surface area contributed by atoms with Crippen LogP contribution in [-0.2, 0) is 0 Å². The molecular formula is C4H5N3S2. The molecule has 2 N–H and O–H groups in total. The van der Waals surface area contributed by atoms with Gasteiger partial charge in [0, 0.05) is 11.6 Å². The van der Waals surface area contributed by atoms with Crippen LogP contribution in [0.15, 0.2) is 11.6 Å². The van der Waals surface area contributed by atoms with Gasteiger partial charge in [0.2, 0.25) is 0 Å². The number of hydrogen-bond acceptors (Lipinski definition) is 5. The first-order valence-electron chi connectivity index (χ1n) is 1.99. The summed E-state index contributed by atoms with van der Waals surface area (Å²) in [6.45, 7) is 0. The second-order valence-corrected chi connectivity index (χ2v) is 2.10. The molecule has 0 aliphatic rings.